The van der Waals surface area contributed by atoms with E-state index in [9.17, 15) is 8.42 Å². The molecule has 1 aromatic carbocycles. The van der Waals surface area contributed by atoms with Crippen LogP contribution in [0, 0.1) is 0 Å². The van der Waals surface area contributed by atoms with Crippen LogP contribution in [0.5, 0.6) is 0 Å². The average Bonchev–Trinajstić information content (AvgIpc) is 2.85. The first-order valence-electron chi connectivity index (χ1n) is 6.31. The second-order valence-corrected chi connectivity index (χ2v) is 6.39. The first-order chi connectivity index (χ1) is 9.36. The molecular weight excluding hydrogens is 276 g/mol. The molecule has 2 rings (SSSR count). The van der Waals surface area contributed by atoms with E-state index in [-0.39, 0.29) is 5.09 Å². The van der Waals surface area contributed by atoms with Crippen molar-refractivity contribution in [1.29, 1.82) is 0 Å². The van der Waals surface area contributed by atoms with Crippen molar-refractivity contribution in [3.8, 4) is 0 Å². The summed E-state index contributed by atoms with van der Waals surface area (Å²) in [6, 6.07) is 11.0. The van der Waals surface area contributed by atoms with Crippen LogP contribution >= 0.6 is 0 Å². The second kappa shape index (κ2) is 5.68. The highest BCUT2D eigenvalue weighted by Gasteiger charge is 2.12. The van der Waals surface area contributed by atoms with Gasteiger partial charge in [-0.15, -0.1) is 0 Å². The molecule has 20 heavy (non-hydrogen) atoms. The third kappa shape index (κ3) is 3.61. The van der Waals surface area contributed by atoms with Crippen molar-refractivity contribution in [2.75, 3.05) is 5.32 Å². The zero-order valence-electron chi connectivity index (χ0n) is 11.5. The molecule has 0 aliphatic rings. The SMILES string of the molecule is CC(C)c1cccc(NCc2ccc(S(N)(=O)=O)o2)c1. The highest BCUT2D eigenvalue weighted by molar-refractivity contribution is 7.89. The van der Waals surface area contributed by atoms with E-state index in [2.05, 4.69) is 31.3 Å². The molecule has 0 spiro atoms. The highest BCUT2D eigenvalue weighted by atomic mass is 32.2. The van der Waals surface area contributed by atoms with E-state index in [0.29, 0.717) is 18.2 Å². The Balaban J connectivity index is 2.05. The average molecular weight is 294 g/mol. The third-order valence-electron chi connectivity index (χ3n) is 2.94. The molecule has 0 radical (unpaired) electrons. The van der Waals surface area contributed by atoms with Gasteiger partial charge in [0.25, 0.3) is 10.0 Å². The van der Waals surface area contributed by atoms with Gasteiger partial charge in [0.1, 0.15) is 5.76 Å². The van der Waals surface area contributed by atoms with Crippen LogP contribution in [0.1, 0.15) is 31.1 Å². The Bertz CT molecular complexity index is 690. The van der Waals surface area contributed by atoms with Gasteiger partial charge >= 0.3 is 0 Å². The van der Waals surface area contributed by atoms with E-state index in [1.54, 1.807) is 6.07 Å². The Morgan fingerprint density at radius 2 is 2.00 bits per heavy atom. The minimum absolute atomic E-state index is 0.217. The topological polar surface area (TPSA) is 85.3 Å². The van der Waals surface area contributed by atoms with Gasteiger partial charge in [-0.25, -0.2) is 13.6 Å². The molecule has 0 aliphatic heterocycles. The summed E-state index contributed by atoms with van der Waals surface area (Å²) in [4.78, 5) is 0. The summed E-state index contributed by atoms with van der Waals surface area (Å²) in [6.45, 7) is 4.66. The van der Waals surface area contributed by atoms with Crippen LogP contribution < -0.4 is 10.5 Å². The number of rotatable bonds is 5. The fourth-order valence-corrected chi connectivity index (χ4v) is 2.28. The fourth-order valence-electron chi connectivity index (χ4n) is 1.80. The Morgan fingerprint density at radius 3 is 2.60 bits per heavy atom. The molecule has 0 atom stereocenters. The zero-order valence-corrected chi connectivity index (χ0v) is 12.3. The number of anilines is 1. The lowest BCUT2D eigenvalue weighted by molar-refractivity contribution is 0.419. The summed E-state index contributed by atoms with van der Waals surface area (Å²) in [7, 11) is -3.78. The van der Waals surface area contributed by atoms with Crippen LogP contribution in [0.25, 0.3) is 0 Å². The Kier molecular flexibility index (Phi) is 4.15. The van der Waals surface area contributed by atoms with Crippen molar-refractivity contribution < 1.29 is 12.8 Å². The highest BCUT2D eigenvalue weighted by Crippen LogP contribution is 2.19. The first-order valence-corrected chi connectivity index (χ1v) is 7.86. The number of nitrogens with two attached hydrogens (primary N) is 1. The molecule has 2 aromatic rings. The number of primary sulfonamides is 1. The smallest absolute Gasteiger partial charge is 0.271 e. The third-order valence-corrected chi connectivity index (χ3v) is 3.72. The zero-order chi connectivity index (χ0) is 14.8. The number of benzene rings is 1. The standard InChI is InChI=1S/C14H18N2O3S/c1-10(2)11-4-3-5-12(8-11)16-9-13-6-7-14(19-13)20(15,17)18/h3-8,10,16H,9H2,1-2H3,(H2,15,17,18). The van der Waals surface area contributed by atoms with E-state index >= 15 is 0 Å². The van der Waals surface area contributed by atoms with Gasteiger partial charge in [0, 0.05) is 5.69 Å². The molecule has 1 aromatic heterocycles. The number of hydrogen-bond acceptors (Lipinski definition) is 4. The van der Waals surface area contributed by atoms with E-state index in [0.717, 1.165) is 5.69 Å². The first kappa shape index (κ1) is 14.6. The summed E-state index contributed by atoms with van der Waals surface area (Å²) >= 11 is 0. The van der Waals surface area contributed by atoms with Gasteiger partial charge in [0.15, 0.2) is 0 Å². The van der Waals surface area contributed by atoms with Gasteiger partial charge in [0.2, 0.25) is 5.09 Å². The summed E-state index contributed by atoms with van der Waals surface area (Å²) < 4.78 is 27.4. The molecule has 0 bridgehead atoms. The molecule has 5 nitrogen and oxygen atoms in total. The van der Waals surface area contributed by atoms with Crippen LogP contribution in [-0.2, 0) is 16.6 Å². The molecule has 0 unspecified atom stereocenters. The largest absolute Gasteiger partial charge is 0.446 e. The molecule has 0 fully saturated rings. The second-order valence-electron chi connectivity index (χ2n) is 4.90. The van der Waals surface area contributed by atoms with Gasteiger partial charge in [0.05, 0.1) is 6.54 Å². The van der Waals surface area contributed by atoms with Crippen LogP contribution in [-0.4, -0.2) is 8.42 Å². The number of nitrogens with one attached hydrogen (secondary N) is 1. The molecule has 0 saturated heterocycles. The molecule has 3 N–H and O–H groups in total. The summed E-state index contributed by atoms with van der Waals surface area (Å²) in [6.07, 6.45) is 0. The molecule has 108 valence electrons. The van der Waals surface area contributed by atoms with E-state index in [4.69, 9.17) is 9.56 Å². The predicted molar refractivity (Wildman–Crippen MR) is 77.9 cm³/mol. The molecule has 0 amide bonds. The van der Waals surface area contributed by atoms with E-state index in [1.165, 1.54) is 11.6 Å². The molecule has 0 saturated carbocycles. The number of sulfonamides is 1. The van der Waals surface area contributed by atoms with Crippen molar-refractivity contribution in [2.45, 2.75) is 31.4 Å². The monoisotopic (exact) mass is 294 g/mol. The summed E-state index contributed by atoms with van der Waals surface area (Å²) in [5.74, 6) is 0.971. The summed E-state index contributed by atoms with van der Waals surface area (Å²) in [5, 5.41) is 7.96. The lowest BCUT2D eigenvalue weighted by Crippen LogP contribution is -2.10. The molecule has 6 heteroatoms. The Labute approximate surface area is 118 Å². The van der Waals surface area contributed by atoms with Crippen molar-refractivity contribution in [3.05, 3.63) is 47.7 Å². The maximum absolute atomic E-state index is 11.1. The van der Waals surface area contributed by atoms with Crippen LogP contribution in [0.3, 0.4) is 0 Å². The van der Waals surface area contributed by atoms with Crippen LogP contribution in [0.4, 0.5) is 5.69 Å². The van der Waals surface area contributed by atoms with Crippen molar-refractivity contribution in [1.82, 2.24) is 0 Å². The molecule has 0 aliphatic carbocycles. The Morgan fingerprint density at radius 1 is 1.25 bits per heavy atom. The molecule has 1 heterocycles. The maximum atomic E-state index is 11.1. The predicted octanol–water partition coefficient (Wildman–Crippen LogP) is 2.66. The van der Waals surface area contributed by atoms with Gasteiger partial charge in [-0.3, -0.25) is 0 Å². The number of furan rings is 1. The minimum atomic E-state index is -3.78. The van der Waals surface area contributed by atoms with E-state index < -0.39 is 10.0 Å². The quantitative estimate of drug-likeness (QED) is 0.887. The lowest BCUT2D eigenvalue weighted by Gasteiger charge is -2.09. The number of hydrogen-bond donors (Lipinski definition) is 2. The van der Waals surface area contributed by atoms with Gasteiger partial charge < -0.3 is 9.73 Å². The summed E-state index contributed by atoms with van der Waals surface area (Å²) in [5.41, 5.74) is 2.20. The fraction of sp³-hybridized carbons (Fsp3) is 0.286. The lowest BCUT2D eigenvalue weighted by atomic mass is 10.0. The van der Waals surface area contributed by atoms with E-state index in [1.807, 2.05) is 12.1 Å². The molecular formula is C14H18N2O3S. The van der Waals surface area contributed by atoms with Gasteiger partial charge in [-0.2, -0.15) is 0 Å². The van der Waals surface area contributed by atoms with Crippen molar-refractivity contribution in [3.63, 3.8) is 0 Å². The normalized spacial score (nSPS) is 11.8. The van der Waals surface area contributed by atoms with Gasteiger partial charge in [-0.1, -0.05) is 26.0 Å². The van der Waals surface area contributed by atoms with Crippen LogP contribution in [0.2, 0.25) is 0 Å². The van der Waals surface area contributed by atoms with Crippen molar-refractivity contribution >= 4 is 15.7 Å². The van der Waals surface area contributed by atoms with Crippen molar-refractivity contribution in [2.24, 2.45) is 5.14 Å². The van der Waals surface area contributed by atoms with Crippen LogP contribution in [0.15, 0.2) is 45.9 Å². The maximum Gasteiger partial charge on any atom is 0.271 e. The van der Waals surface area contributed by atoms with Gasteiger partial charge in [-0.05, 0) is 35.7 Å². The minimum Gasteiger partial charge on any atom is -0.446 e. The Hall–Kier alpha value is -1.79.